The number of hydrogen-bond donors (Lipinski definition) is 1. The number of hydrogen-bond acceptors (Lipinski definition) is 6. The van der Waals surface area contributed by atoms with Crippen molar-refractivity contribution in [2.45, 2.75) is 39.8 Å². The predicted octanol–water partition coefficient (Wildman–Crippen LogP) is 0.600. The summed E-state index contributed by atoms with van der Waals surface area (Å²) in [7, 11) is 0. The van der Waals surface area contributed by atoms with Crippen LogP contribution in [0, 0.1) is 6.92 Å². The average Bonchev–Trinajstić information content (AvgIpc) is 2.14. The molecule has 0 saturated carbocycles. The van der Waals surface area contributed by atoms with Crippen molar-refractivity contribution in [1.29, 1.82) is 0 Å². The van der Waals surface area contributed by atoms with Gasteiger partial charge in [-0.25, -0.2) is 4.79 Å². The number of ether oxygens (including phenoxy) is 1. The Morgan fingerprint density at radius 1 is 1.25 bits per heavy atom. The van der Waals surface area contributed by atoms with Crippen LogP contribution in [0.5, 0.6) is 0 Å². The molecular formula is C9H15N5O2. The van der Waals surface area contributed by atoms with E-state index in [1.807, 2.05) is 0 Å². The Hall–Kier alpha value is -1.79. The van der Waals surface area contributed by atoms with E-state index in [4.69, 9.17) is 4.74 Å². The highest BCUT2D eigenvalue weighted by Crippen LogP contribution is 2.06. The van der Waals surface area contributed by atoms with Gasteiger partial charge in [0.25, 0.3) is 0 Å². The minimum absolute atomic E-state index is 0.148. The molecule has 1 aromatic rings. The van der Waals surface area contributed by atoms with Crippen LogP contribution in [0.25, 0.3) is 0 Å². The van der Waals surface area contributed by atoms with Gasteiger partial charge in [0.05, 0.1) is 6.54 Å². The van der Waals surface area contributed by atoms with Gasteiger partial charge in [0.2, 0.25) is 0 Å². The molecule has 1 heterocycles. The van der Waals surface area contributed by atoms with Crippen LogP contribution in [0.2, 0.25) is 0 Å². The number of alkyl carbamates (subject to hydrolysis) is 1. The van der Waals surface area contributed by atoms with Gasteiger partial charge in [0.15, 0.2) is 11.6 Å². The van der Waals surface area contributed by atoms with E-state index in [0.29, 0.717) is 11.6 Å². The lowest BCUT2D eigenvalue weighted by molar-refractivity contribution is 0.0522. The molecule has 0 aliphatic rings. The van der Waals surface area contributed by atoms with Gasteiger partial charge in [-0.3, -0.25) is 0 Å². The highest BCUT2D eigenvalue weighted by molar-refractivity contribution is 5.67. The second-order valence-corrected chi connectivity index (χ2v) is 4.22. The summed E-state index contributed by atoms with van der Waals surface area (Å²) in [6.45, 7) is 7.20. The number of carbonyl (C=O) groups excluding carboxylic acids is 1. The Labute approximate surface area is 93.6 Å². The highest BCUT2D eigenvalue weighted by atomic mass is 16.6. The van der Waals surface area contributed by atoms with Crippen molar-refractivity contribution < 1.29 is 9.53 Å². The lowest BCUT2D eigenvalue weighted by Crippen LogP contribution is -2.32. The fourth-order valence-electron chi connectivity index (χ4n) is 0.836. The Kier molecular flexibility index (Phi) is 3.70. The monoisotopic (exact) mass is 225 g/mol. The van der Waals surface area contributed by atoms with Crippen LogP contribution in [-0.2, 0) is 11.3 Å². The molecule has 0 atom stereocenters. The first-order chi connectivity index (χ1) is 7.37. The smallest absolute Gasteiger partial charge is 0.408 e. The zero-order chi connectivity index (χ0) is 12.2. The summed E-state index contributed by atoms with van der Waals surface area (Å²) in [5.74, 6) is 0.831. The van der Waals surface area contributed by atoms with Crippen molar-refractivity contribution in [2.75, 3.05) is 0 Å². The Bertz CT molecular complexity index is 357. The SMILES string of the molecule is Cc1nnc(CNC(=O)OC(C)(C)C)nn1. The van der Waals surface area contributed by atoms with Crippen LogP contribution >= 0.6 is 0 Å². The fraction of sp³-hybridized carbons (Fsp3) is 0.667. The Morgan fingerprint density at radius 3 is 2.31 bits per heavy atom. The molecule has 1 aromatic heterocycles. The van der Waals surface area contributed by atoms with Gasteiger partial charge >= 0.3 is 6.09 Å². The van der Waals surface area contributed by atoms with E-state index >= 15 is 0 Å². The van der Waals surface area contributed by atoms with Gasteiger partial charge in [-0.15, -0.1) is 20.4 Å². The molecule has 0 aliphatic heterocycles. The molecule has 0 aliphatic carbocycles. The van der Waals surface area contributed by atoms with E-state index in [9.17, 15) is 4.79 Å². The number of nitrogens with one attached hydrogen (secondary N) is 1. The number of aromatic nitrogens is 4. The van der Waals surface area contributed by atoms with Crippen molar-refractivity contribution in [2.24, 2.45) is 0 Å². The summed E-state index contributed by atoms with van der Waals surface area (Å²) in [6, 6.07) is 0. The van der Waals surface area contributed by atoms with Crippen molar-refractivity contribution in [3.05, 3.63) is 11.6 Å². The molecular weight excluding hydrogens is 210 g/mol. The fourth-order valence-corrected chi connectivity index (χ4v) is 0.836. The van der Waals surface area contributed by atoms with Crippen LogP contribution < -0.4 is 5.32 Å². The number of carbonyl (C=O) groups is 1. The van der Waals surface area contributed by atoms with Crippen LogP contribution in [0.15, 0.2) is 0 Å². The number of aryl methyl sites for hydroxylation is 1. The first-order valence-electron chi connectivity index (χ1n) is 4.86. The van der Waals surface area contributed by atoms with Crippen LogP contribution in [-0.4, -0.2) is 32.1 Å². The standard InChI is InChI=1S/C9H15N5O2/c1-6-11-13-7(14-12-6)5-10-8(15)16-9(2,3)4/h5H2,1-4H3,(H,10,15). The minimum atomic E-state index is -0.519. The lowest BCUT2D eigenvalue weighted by Gasteiger charge is -2.19. The van der Waals surface area contributed by atoms with E-state index < -0.39 is 11.7 Å². The van der Waals surface area contributed by atoms with Crippen molar-refractivity contribution in [3.8, 4) is 0 Å². The molecule has 1 rings (SSSR count). The Balaban J connectivity index is 2.40. The Morgan fingerprint density at radius 2 is 1.81 bits per heavy atom. The molecule has 1 amide bonds. The molecule has 0 aromatic carbocycles. The third kappa shape index (κ3) is 4.63. The highest BCUT2D eigenvalue weighted by Gasteiger charge is 2.15. The second kappa shape index (κ2) is 4.82. The summed E-state index contributed by atoms with van der Waals surface area (Å²) >= 11 is 0. The number of amides is 1. The van der Waals surface area contributed by atoms with Crippen molar-refractivity contribution >= 4 is 6.09 Å². The normalized spacial score (nSPS) is 11.0. The largest absolute Gasteiger partial charge is 0.444 e. The summed E-state index contributed by atoms with van der Waals surface area (Å²) < 4.78 is 5.04. The molecule has 16 heavy (non-hydrogen) atoms. The molecule has 88 valence electrons. The van der Waals surface area contributed by atoms with Gasteiger partial charge in [0.1, 0.15) is 5.60 Å². The number of rotatable bonds is 2. The zero-order valence-corrected chi connectivity index (χ0v) is 9.81. The molecule has 0 saturated heterocycles. The van der Waals surface area contributed by atoms with E-state index in [1.54, 1.807) is 27.7 Å². The molecule has 0 fully saturated rings. The average molecular weight is 225 g/mol. The molecule has 0 unspecified atom stereocenters. The molecule has 0 bridgehead atoms. The summed E-state index contributed by atoms with van der Waals surface area (Å²) in [5.41, 5.74) is -0.519. The van der Waals surface area contributed by atoms with Crippen LogP contribution in [0.3, 0.4) is 0 Å². The molecule has 7 nitrogen and oxygen atoms in total. The topological polar surface area (TPSA) is 89.9 Å². The van der Waals surface area contributed by atoms with E-state index in [0.717, 1.165) is 0 Å². The van der Waals surface area contributed by atoms with Crippen LogP contribution in [0.1, 0.15) is 32.4 Å². The molecule has 7 heteroatoms. The van der Waals surface area contributed by atoms with Crippen molar-refractivity contribution in [1.82, 2.24) is 25.7 Å². The third-order valence-corrected chi connectivity index (χ3v) is 1.41. The zero-order valence-electron chi connectivity index (χ0n) is 9.81. The van der Waals surface area contributed by atoms with Gasteiger partial charge in [-0.05, 0) is 27.7 Å². The molecule has 1 N–H and O–H groups in total. The van der Waals surface area contributed by atoms with Gasteiger partial charge in [-0.2, -0.15) is 0 Å². The van der Waals surface area contributed by atoms with Gasteiger partial charge < -0.3 is 10.1 Å². The molecule has 0 spiro atoms. The first-order valence-corrected chi connectivity index (χ1v) is 4.86. The van der Waals surface area contributed by atoms with Gasteiger partial charge in [-0.1, -0.05) is 0 Å². The maximum atomic E-state index is 11.3. The van der Waals surface area contributed by atoms with E-state index in [1.165, 1.54) is 0 Å². The summed E-state index contributed by atoms with van der Waals surface area (Å²) in [4.78, 5) is 11.3. The van der Waals surface area contributed by atoms with Gasteiger partial charge in [0, 0.05) is 0 Å². The maximum absolute atomic E-state index is 11.3. The second-order valence-electron chi connectivity index (χ2n) is 4.22. The van der Waals surface area contributed by atoms with Crippen LogP contribution in [0.4, 0.5) is 4.79 Å². The minimum Gasteiger partial charge on any atom is -0.444 e. The predicted molar refractivity (Wildman–Crippen MR) is 55.4 cm³/mol. The third-order valence-electron chi connectivity index (χ3n) is 1.41. The van der Waals surface area contributed by atoms with E-state index in [2.05, 4.69) is 25.7 Å². The maximum Gasteiger partial charge on any atom is 0.408 e. The lowest BCUT2D eigenvalue weighted by atomic mass is 10.2. The summed E-state index contributed by atoms with van der Waals surface area (Å²) in [6.07, 6.45) is -0.517. The summed E-state index contributed by atoms with van der Waals surface area (Å²) in [5, 5.41) is 17.4. The number of nitrogens with zero attached hydrogens (tertiary/aromatic N) is 4. The first kappa shape index (κ1) is 12.3. The van der Waals surface area contributed by atoms with E-state index in [-0.39, 0.29) is 6.54 Å². The van der Waals surface area contributed by atoms with Crippen molar-refractivity contribution in [3.63, 3.8) is 0 Å². The quantitative estimate of drug-likeness (QED) is 0.792. The molecule has 0 radical (unpaired) electrons.